The summed E-state index contributed by atoms with van der Waals surface area (Å²) in [7, 11) is 0. The Morgan fingerprint density at radius 3 is 0.810 bits per heavy atom. The molecule has 0 radical (unpaired) electrons. The van der Waals surface area contributed by atoms with Crippen molar-refractivity contribution in [1.29, 1.82) is 0 Å². The van der Waals surface area contributed by atoms with E-state index < -0.39 is 0 Å². The Bertz CT molecular complexity index is 948. The molecule has 42 heavy (non-hydrogen) atoms. The molecule has 3 saturated carbocycles. The zero-order chi connectivity index (χ0) is 30.9. The third-order valence-electron chi connectivity index (χ3n) is 10.9. The maximum absolute atomic E-state index is 13.7. The number of nitrogens with one attached hydrogen (secondary N) is 3. The van der Waals surface area contributed by atoms with Gasteiger partial charge in [0.1, 0.15) is 0 Å². The van der Waals surface area contributed by atoms with Crippen LogP contribution in [0.1, 0.15) is 132 Å². The van der Waals surface area contributed by atoms with Crippen molar-refractivity contribution in [1.82, 2.24) is 16.0 Å². The van der Waals surface area contributed by atoms with E-state index in [4.69, 9.17) is 0 Å². The van der Waals surface area contributed by atoms with Gasteiger partial charge in [0.05, 0.1) is 0 Å². The fraction of sp³-hybridized carbons (Fsp3) is 0.750. The first kappa shape index (κ1) is 32.5. The van der Waals surface area contributed by atoms with Crippen LogP contribution < -0.4 is 16.0 Å². The van der Waals surface area contributed by atoms with Crippen molar-refractivity contribution in [2.75, 3.05) is 0 Å². The molecule has 3 aliphatic rings. The van der Waals surface area contributed by atoms with Crippen molar-refractivity contribution in [2.45, 2.75) is 119 Å². The summed E-state index contributed by atoms with van der Waals surface area (Å²) in [6.45, 7) is 20.1. The van der Waals surface area contributed by atoms with E-state index in [1.165, 1.54) is 0 Å². The quantitative estimate of drug-likeness (QED) is 0.336. The van der Waals surface area contributed by atoms with Crippen LogP contribution in [0.5, 0.6) is 0 Å². The molecular formula is C36H57N3O3. The summed E-state index contributed by atoms with van der Waals surface area (Å²) in [6.07, 6.45) is 6.49. The highest BCUT2D eigenvalue weighted by atomic mass is 16.2. The molecule has 1 aromatic carbocycles. The molecule has 1 aromatic rings. The smallest absolute Gasteiger partial charge is 0.251 e. The zero-order valence-electron chi connectivity index (χ0n) is 27.6. The molecule has 0 heterocycles. The van der Waals surface area contributed by atoms with Crippen LogP contribution in [-0.4, -0.2) is 35.8 Å². The second kappa shape index (κ2) is 13.5. The highest BCUT2D eigenvalue weighted by molar-refractivity contribution is 6.04. The molecule has 4 rings (SSSR count). The maximum atomic E-state index is 13.7. The van der Waals surface area contributed by atoms with Crippen molar-refractivity contribution >= 4 is 17.7 Å². The van der Waals surface area contributed by atoms with E-state index in [1.54, 1.807) is 18.2 Å². The van der Waals surface area contributed by atoms with E-state index in [0.717, 1.165) is 38.5 Å². The normalized spacial score (nSPS) is 38.8. The lowest BCUT2D eigenvalue weighted by molar-refractivity contribution is 0.0851. The van der Waals surface area contributed by atoms with Gasteiger partial charge >= 0.3 is 0 Å². The van der Waals surface area contributed by atoms with Crippen LogP contribution in [0.2, 0.25) is 0 Å². The Balaban J connectivity index is 1.60. The number of carbonyl (C=O) groups excluding carboxylic acids is 3. The summed E-state index contributed by atoms with van der Waals surface area (Å²) in [5, 5.41) is 9.86. The van der Waals surface area contributed by atoms with Crippen molar-refractivity contribution in [3.8, 4) is 0 Å². The van der Waals surface area contributed by atoms with E-state index in [-0.39, 0.29) is 35.8 Å². The highest BCUT2D eigenvalue weighted by Crippen LogP contribution is 2.35. The van der Waals surface area contributed by atoms with E-state index in [2.05, 4.69) is 78.3 Å². The molecule has 3 aliphatic carbocycles. The van der Waals surface area contributed by atoms with Crippen LogP contribution in [0.3, 0.4) is 0 Å². The number of rotatable bonds is 6. The monoisotopic (exact) mass is 579 g/mol. The van der Waals surface area contributed by atoms with Gasteiger partial charge in [0.15, 0.2) is 0 Å². The summed E-state index contributed by atoms with van der Waals surface area (Å²) in [5.74, 6) is 3.53. The highest BCUT2D eigenvalue weighted by Gasteiger charge is 2.36. The van der Waals surface area contributed by atoms with Crippen LogP contribution in [-0.2, 0) is 0 Å². The molecule has 3 amide bonds. The Kier molecular flexibility index (Phi) is 10.5. The van der Waals surface area contributed by atoms with Gasteiger partial charge in [-0.2, -0.15) is 0 Å². The summed E-state index contributed by atoms with van der Waals surface area (Å²) in [4.78, 5) is 41.2. The molecule has 0 saturated heterocycles. The lowest BCUT2D eigenvalue weighted by Crippen LogP contribution is -2.48. The minimum Gasteiger partial charge on any atom is -0.349 e. The molecule has 0 bridgehead atoms. The largest absolute Gasteiger partial charge is 0.349 e. The number of benzene rings is 1. The Hall–Kier alpha value is -2.37. The minimum atomic E-state index is -0.210. The standard InChI is InChI=1S/C36H57N3O3/c1-19-10-22(4)31(23(5)11-19)37-34(40)28-16-29(35(41)38-32-24(6)12-20(2)13-25(32)7)18-30(17-28)36(42)39-33-26(8)14-21(3)15-27(33)9/h16-27,31-33H,10-15H2,1-9H3,(H,37,40)(H,38,41)(H,39,42). The summed E-state index contributed by atoms with van der Waals surface area (Å²) in [6, 6.07) is 5.24. The minimum absolute atomic E-state index is 0.0697. The van der Waals surface area contributed by atoms with Gasteiger partial charge < -0.3 is 16.0 Å². The molecule has 0 spiro atoms. The first-order valence-electron chi connectivity index (χ1n) is 16.8. The molecule has 234 valence electrons. The lowest BCUT2D eigenvalue weighted by atomic mass is 9.73. The summed E-state index contributed by atoms with van der Waals surface area (Å²) >= 11 is 0. The van der Waals surface area contributed by atoms with Gasteiger partial charge in [-0.15, -0.1) is 0 Å². The van der Waals surface area contributed by atoms with Gasteiger partial charge in [-0.1, -0.05) is 62.3 Å². The Morgan fingerprint density at radius 1 is 0.429 bits per heavy atom. The zero-order valence-corrected chi connectivity index (χ0v) is 27.6. The fourth-order valence-electron chi connectivity index (χ4n) is 9.24. The van der Waals surface area contributed by atoms with Crippen molar-refractivity contribution in [3.05, 3.63) is 34.9 Å². The third kappa shape index (κ3) is 7.58. The SMILES string of the molecule is CC1CC(C)C(NC(=O)c2cc(C(=O)NC3C(C)CC(C)CC3C)cc(C(=O)NC3C(C)CC(C)CC3C)c2)C(C)C1. The van der Waals surface area contributed by atoms with Crippen LogP contribution in [0, 0.1) is 53.3 Å². The third-order valence-corrected chi connectivity index (χ3v) is 10.9. The van der Waals surface area contributed by atoms with E-state index in [0.29, 0.717) is 70.0 Å². The van der Waals surface area contributed by atoms with E-state index >= 15 is 0 Å². The second-order valence-corrected chi connectivity index (χ2v) is 15.4. The summed E-state index contributed by atoms with van der Waals surface area (Å²) in [5.41, 5.74) is 1.13. The molecule has 6 unspecified atom stereocenters. The maximum Gasteiger partial charge on any atom is 0.251 e. The van der Waals surface area contributed by atoms with Gasteiger partial charge in [-0.25, -0.2) is 0 Å². The van der Waals surface area contributed by atoms with Crippen LogP contribution in [0.4, 0.5) is 0 Å². The molecule has 6 nitrogen and oxygen atoms in total. The Labute approximate surface area is 254 Å². The van der Waals surface area contributed by atoms with Crippen molar-refractivity contribution in [2.24, 2.45) is 53.3 Å². The van der Waals surface area contributed by atoms with Crippen molar-refractivity contribution < 1.29 is 14.4 Å². The molecular weight excluding hydrogens is 522 g/mol. The average molecular weight is 580 g/mol. The predicted molar refractivity (Wildman–Crippen MR) is 170 cm³/mol. The number of hydrogen-bond donors (Lipinski definition) is 3. The average Bonchev–Trinajstić information content (AvgIpc) is 2.89. The predicted octanol–water partition coefficient (Wildman–Crippen LogP) is 7.09. The first-order valence-corrected chi connectivity index (χ1v) is 16.8. The van der Waals surface area contributed by atoms with Crippen molar-refractivity contribution in [3.63, 3.8) is 0 Å². The topological polar surface area (TPSA) is 87.3 Å². The lowest BCUT2D eigenvalue weighted by Gasteiger charge is -2.39. The molecule has 6 heteroatoms. The van der Waals surface area contributed by atoms with Crippen LogP contribution >= 0.6 is 0 Å². The van der Waals surface area contributed by atoms with Gasteiger partial charge in [-0.05, 0) is 110 Å². The summed E-state index contributed by atoms with van der Waals surface area (Å²) < 4.78 is 0. The molecule has 0 aliphatic heterocycles. The van der Waals surface area contributed by atoms with Gasteiger partial charge in [0.2, 0.25) is 0 Å². The van der Waals surface area contributed by atoms with Gasteiger partial charge in [-0.3, -0.25) is 14.4 Å². The van der Waals surface area contributed by atoms with Gasteiger partial charge in [0.25, 0.3) is 17.7 Å². The first-order chi connectivity index (χ1) is 19.7. The van der Waals surface area contributed by atoms with E-state index in [9.17, 15) is 14.4 Å². The number of amides is 3. The fourth-order valence-corrected chi connectivity index (χ4v) is 9.24. The molecule has 3 fully saturated rings. The molecule has 0 aromatic heterocycles. The van der Waals surface area contributed by atoms with Crippen LogP contribution in [0.15, 0.2) is 18.2 Å². The van der Waals surface area contributed by atoms with Gasteiger partial charge in [0, 0.05) is 34.8 Å². The Morgan fingerprint density at radius 2 is 0.619 bits per heavy atom. The number of hydrogen-bond acceptors (Lipinski definition) is 3. The number of carbonyl (C=O) groups is 3. The van der Waals surface area contributed by atoms with E-state index in [1.807, 2.05) is 0 Å². The van der Waals surface area contributed by atoms with Crippen LogP contribution in [0.25, 0.3) is 0 Å². The molecule has 3 N–H and O–H groups in total. The molecule has 6 atom stereocenters. The second-order valence-electron chi connectivity index (χ2n) is 15.4.